The first-order chi connectivity index (χ1) is 6.65. The van der Waals surface area contributed by atoms with Gasteiger partial charge in [0.25, 0.3) is 0 Å². The second-order valence-electron chi connectivity index (χ2n) is 2.64. The fourth-order valence-electron chi connectivity index (χ4n) is 1.02. The number of carbonyl (C=O) groups excluding carboxylic acids is 1. The van der Waals surface area contributed by atoms with Crippen LogP contribution in [0.15, 0.2) is 18.7 Å². The van der Waals surface area contributed by atoms with Gasteiger partial charge in [0.2, 0.25) is 0 Å². The number of ether oxygens (including phenoxy) is 1. The standard InChI is InChI=1S/C8H10N2O4/c1-14-7(11)4-6(8(12)13)10-3-2-9-5-10/h2-3,5-6H,4H2,1H3,(H,12,13)/t6-/m0/s1. The fourth-order valence-corrected chi connectivity index (χ4v) is 1.02. The van der Waals surface area contributed by atoms with E-state index in [1.165, 1.54) is 30.4 Å². The number of hydrogen-bond donors (Lipinski definition) is 1. The van der Waals surface area contributed by atoms with Crippen molar-refractivity contribution in [3.8, 4) is 0 Å². The smallest absolute Gasteiger partial charge is 0.327 e. The van der Waals surface area contributed by atoms with E-state index in [-0.39, 0.29) is 6.42 Å². The van der Waals surface area contributed by atoms with Gasteiger partial charge in [-0.2, -0.15) is 0 Å². The summed E-state index contributed by atoms with van der Waals surface area (Å²) >= 11 is 0. The summed E-state index contributed by atoms with van der Waals surface area (Å²) < 4.78 is 5.74. The number of aliphatic carboxylic acids is 1. The SMILES string of the molecule is COC(=O)C[C@@H](C(=O)O)n1ccnc1. The van der Waals surface area contributed by atoms with Crippen LogP contribution in [0.2, 0.25) is 0 Å². The maximum Gasteiger partial charge on any atom is 0.327 e. The Morgan fingerprint density at radius 2 is 2.36 bits per heavy atom. The summed E-state index contributed by atoms with van der Waals surface area (Å²) in [6.07, 6.45) is 4.08. The predicted molar refractivity (Wildman–Crippen MR) is 45.5 cm³/mol. The maximum atomic E-state index is 10.9. The highest BCUT2D eigenvalue weighted by Crippen LogP contribution is 2.11. The number of rotatable bonds is 4. The molecule has 0 unspecified atom stereocenters. The Balaban J connectivity index is 2.76. The van der Waals surface area contributed by atoms with Crippen LogP contribution in [0.3, 0.4) is 0 Å². The number of hydrogen-bond acceptors (Lipinski definition) is 4. The van der Waals surface area contributed by atoms with Crippen LogP contribution in [0.5, 0.6) is 0 Å². The molecule has 76 valence electrons. The zero-order chi connectivity index (χ0) is 10.6. The summed E-state index contributed by atoms with van der Waals surface area (Å²) in [7, 11) is 1.22. The van der Waals surface area contributed by atoms with Crippen molar-refractivity contribution >= 4 is 11.9 Å². The average Bonchev–Trinajstić information content (AvgIpc) is 2.65. The van der Waals surface area contributed by atoms with Gasteiger partial charge < -0.3 is 14.4 Å². The maximum absolute atomic E-state index is 10.9. The van der Waals surface area contributed by atoms with Gasteiger partial charge in [0, 0.05) is 12.4 Å². The van der Waals surface area contributed by atoms with Gasteiger partial charge in [0.05, 0.1) is 19.9 Å². The quantitative estimate of drug-likeness (QED) is 0.692. The molecule has 0 aromatic carbocycles. The van der Waals surface area contributed by atoms with Gasteiger partial charge >= 0.3 is 11.9 Å². The van der Waals surface area contributed by atoms with E-state index in [9.17, 15) is 9.59 Å². The monoisotopic (exact) mass is 198 g/mol. The molecule has 0 saturated heterocycles. The first-order valence-electron chi connectivity index (χ1n) is 3.92. The summed E-state index contributed by atoms with van der Waals surface area (Å²) in [5.74, 6) is -1.65. The fraction of sp³-hybridized carbons (Fsp3) is 0.375. The van der Waals surface area contributed by atoms with E-state index < -0.39 is 18.0 Å². The molecule has 1 N–H and O–H groups in total. The first kappa shape index (κ1) is 10.2. The molecule has 1 rings (SSSR count). The van der Waals surface area contributed by atoms with Crippen LogP contribution in [0.25, 0.3) is 0 Å². The molecule has 0 saturated carbocycles. The molecule has 1 aromatic heterocycles. The lowest BCUT2D eigenvalue weighted by Gasteiger charge is -2.11. The summed E-state index contributed by atoms with van der Waals surface area (Å²) in [6, 6.07) is -0.954. The Labute approximate surface area is 80.1 Å². The Morgan fingerprint density at radius 3 is 2.79 bits per heavy atom. The third-order valence-electron chi connectivity index (χ3n) is 1.76. The van der Waals surface area contributed by atoms with Crippen molar-refractivity contribution in [2.45, 2.75) is 12.5 Å². The third kappa shape index (κ3) is 2.32. The highest BCUT2D eigenvalue weighted by atomic mass is 16.5. The zero-order valence-corrected chi connectivity index (χ0v) is 7.58. The highest BCUT2D eigenvalue weighted by Gasteiger charge is 2.22. The van der Waals surface area contributed by atoms with E-state index >= 15 is 0 Å². The second kappa shape index (κ2) is 4.40. The van der Waals surface area contributed by atoms with Crippen LogP contribution in [-0.4, -0.2) is 33.7 Å². The predicted octanol–water partition coefficient (Wildman–Crippen LogP) is 0.0719. The summed E-state index contributed by atoms with van der Waals surface area (Å²) in [5.41, 5.74) is 0. The minimum atomic E-state index is -1.09. The van der Waals surface area contributed by atoms with Crippen molar-refractivity contribution in [3.05, 3.63) is 18.7 Å². The Bertz CT molecular complexity index is 320. The lowest BCUT2D eigenvalue weighted by atomic mass is 10.2. The van der Waals surface area contributed by atoms with Gasteiger partial charge in [0.1, 0.15) is 6.04 Å². The van der Waals surface area contributed by atoms with E-state index in [0.717, 1.165) is 0 Å². The summed E-state index contributed by atoms with van der Waals surface area (Å²) in [4.78, 5) is 25.4. The topological polar surface area (TPSA) is 81.4 Å². The number of carbonyl (C=O) groups is 2. The molecule has 0 aliphatic heterocycles. The van der Waals surface area contributed by atoms with Gasteiger partial charge in [-0.3, -0.25) is 4.79 Å². The van der Waals surface area contributed by atoms with Crippen LogP contribution in [0, 0.1) is 0 Å². The minimum absolute atomic E-state index is 0.206. The number of imidazole rings is 1. The molecule has 0 spiro atoms. The van der Waals surface area contributed by atoms with Crippen molar-refractivity contribution in [2.75, 3.05) is 7.11 Å². The van der Waals surface area contributed by atoms with Gasteiger partial charge in [-0.05, 0) is 0 Å². The number of esters is 1. The summed E-state index contributed by atoms with van der Waals surface area (Å²) in [5, 5.41) is 8.83. The molecular weight excluding hydrogens is 188 g/mol. The van der Waals surface area contributed by atoms with E-state index in [1.54, 1.807) is 0 Å². The highest BCUT2D eigenvalue weighted by molar-refractivity contribution is 5.80. The van der Waals surface area contributed by atoms with Crippen molar-refractivity contribution in [2.24, 2.45) is 0 Å². The molecule has 6 heteroatoms. The Morgan fingerprint density at radius 1 is 1.64 bits per heavy atom. The summed E-state index contributed by atoms with van der Waals surface area (Å²) in [6.45, 7) is 0. The van der Waals surface area contributed by atoms with Gasteiger partial charge in [-0.1, -0.05) is 0 Å². The third-order valence-corrected chi connectivity index (χ3v) is 1.76. The number of methoxy groups -OCH3 is 1. The molecule has 1 aromatic rings. The van der Waals surface area contributed by atoms with Crippen molar-refractivity contribution in [1.82, 2.24) is 9.55 Å². The number of nitrogens with zero attached hydrogens (tertiary/aromatic N) is 2. The first-order valence-corrected chi connectivity index (χ1v) is 3.92. The molecule has 0 fully saturated rings. The molecule has 0 aliphatic carbocycles. The second-order valence-corrected chi connectivity index (χ2v) is 2.64. The largest absolute Gasteiger partial charge is 0.480 e. The van der Waals surface area contributed by atoms with E-state index in [0.29, 0.717) is 0 Å². The van der Waals surface area contributed by atoms with Crippen LogP contribution in [-0.2, 0) is 14.3 Å². The molecule has 14 heavy (non-hydrogen) atoms. The molecule has 0 amide bonds. The van der Waals surface area contributed by atoms with Crippen LogP contribution >= 0.6 is 0 Å². The van der Waals surface area contributed by atoms with Crippen molar-refractivity contribution < 1.29 is 19.4 Å². The van der Waals surface area contributed by atoms with Crippen molar-refractivity contribution in [3.63, 3.8) is 0 Å². The zero-order valence-electron chi connectivity index (χ0n) is 7.58. The lowest BCUT2D eigenvalue weighted by molar-refractivity contribution is -0.149. The van der Waals surface area contributed by atoms with E-state index in [2.05, 4.69) is 9.72 Å². The van der Waals surface area contributed by atoms with Crippen molar-refractivity contribution in [1.29, 1.82) is 0 Å². The molecule has 0 aliphatic rings. The average molecular weight is 198 g/mol. The normalized spacial score (nSPS) is 12.1. The Kier molecular flexibility index (Phi) is 3.22. The van der Waals surface area contributed by atoms with E-state index in [4.69, 9.17) is 5.11 Å². The number of carboxylic acids is 1. The Hall–Kier alpha value is -1.85. The number of aromatic nitrogens is 2. The van der Waals surface area contributed by atoms with Gasteiger partial charge in [-0.25, -0.2) is 9.78 Å². The molecule has 1 heterocycles. The van der Waals surface area contributed by atoms with Crippen LogP contribution in [0.4, 0.5) is 0 Å². The lowest BCUT2D eigenvalue weighted by Crippen LogP contribution is -2.21. The van der Waals surface area contributed by atoms with Gasteiger partial charge in [-0.15, -0.1) is 0 Å². The molecule has 1 atom stereocenters. The van der Waals surface area contributed by atoms with Crippen LogP contribution in [0.1, 0.15) is 12.5 Å². The minimum Gasteiger partial charge on any atom is -0.480 e. The molecule has 0 bridgehead atoms. The molecular formula is C8H10N2O4. The van der Waals surface area contributed by atoms with E-state index in [1.807, 2.05) is 0 Å². The van der Waals surface area contributed by atoms with Gasteiger partial charge in [0.15, 0.2) is 0 Å². The van der Waals surface area contributed by atoms with Crippen LogP contribution < -0.4 is 0 Å². The molecule has 6 nitrogen and oxygen atoms in total. The molecule has 0 radical (unpaired) electrons. The number of carboxylic acid groups (broad SMARTS) is 1.